The van der Waals surface area contributed by atoms with Crippen LogP contribution in [-0.2, 0) is 4.79 Å². The molecule has 0 spiro atoms. The van der Waals surface area contributed by atoms with Crippen molar-refractivity contribution in [3.8, 4) is 6.07 Å². The van der Waals surface area contributed by atoms with Gasteiger partial charge in [0, 0.05) is 18.8 Å². The Morgan fingerprint density at radius 3 is 2.67 bits per heavy atom. The van der Waals surface area contributed by atoms with Gasteiger partial charge in [-0.1, -0.05) is 0 Å². The second-order valence-electron chi connectivity index (χ2n) is 3.91. The van der Waals surface area contributed by atoms with Gasteiger partial charge in [-0.25, -0.2) is 4.98 Å². The SMILES string of the molecule is CCN(CC)C(=O)CNc1cc(C#N)cc(C)n1. The Morgan fingerprint density at radius 1 is 1.44 bits per heavy atom. The van der Waals surface area contributed by atoms with Gasteiger partial charge in [0.05, 0.1) is 18.2 Å². The van der Waals surface area contributed by atoms with Crippen LogP contribution < -0.4 is 5.32 Å². The van der Waals surface area contributed by atoms with Crippen LogP contribution in [0.15, 0.2) is 12.1 Å². The highest BCUT2D eigenvalue weighted by atomic mass is 16.2. The van der Waals surface area contributed by atoms with E-state index in [1.165, 1.54) is 0 Å². The van der Waals surface area contributed by atoms with E-state index in [1.807, 2.05) is 20.8 Å². The summed E-state index contributed by atoms with van der Waals surface area (Å²) in [6.45, 7) is 7.30. The molecule has 0 fully saturated rings. The molecule has 0 bridgehead atoms. The van der Waals surface area contributed by atoms with E-state index in [1.54, 1.807) is 17.0 Å². The molecule has 1 aromatic heterocycles. The van der Waals surface area contributed by atoms with Crippen LogP contribution in [0.2, 0.25) is 0 Å². The molecule has 5 nitrogen and oxygen atoms in total. The number of likely N-dealkylation sites (N-methyl/N-ethyl adjacent to an activating group) is 1. The Hall–Kier alpha value is -2.09. The van der Waals surface area contributed by atoms with Gasteiger partial charge in [-0.3, -0.25) is 4.79 Å². The maximum atomic E-state index is 11.8. The van der Waals surface area contributed by atoms with Crippen molar-refractivity contribution in [3.05, 3.63) is 23.4 Å². The molecular weight excluding hydrogens is 228 g/mol. The zero-order valence-electron chi connectivity index (χ0n) is 11.0. The lowest BCUT2D eigenvalue weighted by Crippen LogP contribution is -2.35. The molecular formula is C13H18N4O. The highest BCUT2D eigenvalue weighted by Crippen LogP contribution is 2.08. The standard InChI is InChI=1S/C13H18N4O/c1-4-17(5-2)13(18)9-15-12-7-11(8-14)6-10(3)16-12/h6-7H,4-5,9H2,1-3H3,(H,15,16). The average Bonchev–Trinajstić information content (AvgIpc) is 2.37. The number of nitrogens with one attached hydrogen (secondary N) is 1. The normalized spacial score (nSPS) is 9.67. The number of nitrogens with zero attached hydrogens (tertiary/aromatic N) is 3. The largest absolute Gasteiger partial charge is 0.361 e. The molecule has 0 radical (unpaired) electrons. The summed E-state index contributed by atoms with van der Waals surface area (Å²) in [4.78, 5) is 17.8. The molecule has 1 aromatic rings. The number of rotatable bonds is 5. The number of aromatic nitrogens is 1. The van der Waals surface area contributed by atoms with E-state index >= 15 is 0 Å². The fraction of sp³-hybridized carbons (Fsp3) is 0.462. The molecule has 0 saturated heterocycles. The van der Waals surface area contributed by atoms with E-state index in [0.717, 1.165) is 5.69 Å². The number of amides is 1. The van der Waals surface area contributed by atoms with E-state index in [9.17, 15) is 4.79 Å². The fourth-order valence-corrected chi connectivity index (χ4v) is 1.68. The second-order valence-corrected chi connectivity index (χ2v) is 3.91. The van der Waals surface area contributed by atoms with Gasteiger partial charge < -0.3 is 10.2 Å². The molecule has 0 aliphatic carbocycles. The highest BCUT2D eigenvalue weighted by Gasteiger charge is 2.09. The third kappa shape index (κ3) is 3.74. The number of carbonyl (C=O) groups excluding carboxylic acids is 1. The monoisotopic (exact) mass is 246 g/mol. The van der Waals surface area contributed by atoms with E-state index < -0.39 is 0 Å². The predicted molar refractivity (Wildman–Crippen MR) is 70.1 cm³/mol. The summed E-state index contributed by atoms with van der Waals surface area (Å²) < 4.78 is 0. The van der Waals surface area contributed by atoms with Gasteiger partial charge in [0.1, 0.15) is 5.82 Å². The van der Waals surface area contributed by atoms with Crippen molar-refractivity contribution in [2.45, 2.75) is 20.8 Å². The number of nitriles is 1. The molecule has 0 unspecified atom stereocenters. The summed E-state index contributed by atoms with van der Waals surface area (Å²) in [5, 5.41) is 11.8. The van der Waals surface area contributed by atoms with Crippen LogP contribution in [0.5, 0.6) is 0 Å². The van der Waals surface area contributed by atoms with Gasteiger partial charge in [0.25, 0.3) is 0 Å². The number of hydrogen-bond acceptors (Lipinski definition) is 4. The van der Waals surface area contributed by atoms with Crippen molar-refractivity contribution >= 4 is 11.7 Å². The summed E-state index contributed by atoms with van der Waals surface area (Å²) in [5.74, 6) is 0.592. The summed E-state index contributed by atoms with van der Waals surface area (Å²) in [6, 6.07) is 5.41. The quantitative estimate of drug-likeness (QED) is 0.855. The first-order chi connectivity index (χ1) is 8.60. The van der Waals surface area contributed by atoms with Gasteiger partial charge >= 0.3 is 0 Å². The third-order valence-electron chi connectivity index (χ3n) is 2.62. The lowest BCUT2D eigenvalue weighted by molar-refractivity contribution is -0.128. The van der Waals surface area contributed by atoms with Crippen LogP contribution in [0.3, 0.4) is 0 Å². The molecule has 1 amide bonds. The molecule has 0 aliphatic heterocycles. The summed E-state index contributed by atoms with van der Waals surface area (Å²) in [5.41, 5.74) is 1.30. The van der Waals surface area contributed by atoms with Crippen molar-refractivity contribution in [1.29, 1.82) is 5.26 Å². The van der Waals surface area contributed by atoms with E-state index in [4.69, 9.17) is 5.26 Å². The lowest BCUT2D eigenvalue weighted by Gasteiger charge is -2.18. The minimum atomic E-state index is 0.0295. The Morgan fingerprint density at radius 2 is 2.11 bits per heavy atom. The van der Waals surface area contributed by atoms with Gasteiger partial charge in [0.15, 0.2) is 0 Å². The van der Waals surface area contributed by atoms with Crippen LogP contribution in [0.1, 0.15) is 25.1 Å². The number of anilines is 1. The van der Waals surface area contributed by atoms with E-state index in [-0.39, 0.29) is 12.5 Å². The van der Waals surface area contributed by atoms with Crippen LogP contribution in [0.4, 0.5) is 5.82 Å². The summed E-state index contributed by atoms with van der Waals surface area (Å²) >= 11 is 0. The van der Waals surface area contributed by atoms with Crippen molar-refractivity contribution < 1.29 is 4.79 Å². The zero-order chi connectivity index (χ0) is 13.5. The number of pyridine rings is 1. The summed E-state index contributed by atoms with van der Waals surface area (Å²) in [7, 11) is 0. The van der Waals surface area contributed by atoms with Crippen LogP contribution in [-0.4, -0.2) is 35.4 Å². The minimum absolute atomic E-state index is 0.0295. The van der Waals surface area contributed by atoms with E-state index in [0.29, 0.717) is 24.5 Å². The molecule has 0 aromatic carbocycles. The van der Waals surface area contributed by atoms with Crippen molar-refractivity contribution in [1.82, 2.24) is 9.88 Å². The molecule has 0 saturated carbocycles. The Labute approximate surface area is 107 Å². The van der Waals surface area contributed by atoms with Gasteiger partial charge in [-0.05, 0) is 32.9 Å². The van der Waals surface area contributed by atoms with Crippen molar-refractivity contribution in [2.75, 3.05) is 25.0 Å². The summed E-state index contributed by atoms with van der Waals surface area (Å²) in [6.07, 6.45) is 0. The molecule has 1 heterocycles. The Bertz CT molecular complexity index is 461. The predicted octanol–water partition coefficient (Wildman–Crippen LogP) is 1.54. The Kier molecular flexibility index (Phi) is 5.12. The second kappa shape index (κ2) is 6.60. The zero-order valence-corrected chi connectivity index (χ0v) is 11.0. The van der Waals surface area contributed by atoms with E-state index in [2.05, 4.69) is 16.4 Å². The first kappa shape index (κ1) is 14.0. The maximum absolute atomic E-state index is 11.8. The average molecular weight is 246 g/mol. The Balaban J connectivity index is 2.66. The lowest BCUT2D eigenvalue weighted by atomic mass is 10.2. The first-order valence-electron chi connectivity index (χ1n) is 6.01. The molecule has 18 heavy (non-hydrogen) atoms. The highest BCUT2D eigenvalue weighted by molar-refractivity contribution is 5.80. The third-order valence-corrected chi connectivity index (χ3v) is 2.62. The van der Waals surface area contributed by atoms with Crippen molar-refractivity contribution in [2.24, 2.45) is 0 Å². The molecule has 0 aliphatic rings. The van der Waals surface area contributed by atoms with Gasteiger partial charge in [-0.2, -0.15) is 5.26 Å². The maximum Gasteiger partial charge on any atom is 0.241 e. The fourth-order valence-electron chi connectivity index (χ4n) is 1.68. The van der Waals surface area contributed by atoms with Crippen molar-refractivity contribution in [3.63, 3.8) is 0 Å². The molecule has 5 heteroatoms. The molecule has 0 atom stereocenters. The molecule has 1 rings (SSSR count). The molecule has 1 N–H and O–H groups in total. The minimum Gasteiger partial charge on any atom is -0.361 e. The van der Waals surface area contributed by atoms with Crippen LogP contribution in [0, 0.1) is 18.3 Å². The number of aryl methyl sites for hydroxylation is 1. The van der Waals surface area contributed by atoms with Gasteiger partial charge in [0.2, 0.25) is 5.91 Å². The number of hydrogen-bond donors (Lipinski definition) is 1. The molecule has 96 valence electrons. The number of carbonyl (C=O) groups is 1. The first-order valence-corrected chi connectivity index (χ1v) is 6.01. The van der Waals surface area contributed by atoms with Gasteiger partial charge in [-0.15, -0.1) is 0 Å². The topological polar surface area (TPSA) is 69.0 Å². The smallest absolute Gasteiger partial charge is 0.241 e. The van der Waals surface area contributed by atoms with Crippen LogP contribution in [0.25, 0.3) is 0 Å². The van der Waals surface area contributed by atoms with Crippen LogP contribution >= 0.6 is 0 Å².